The average molecular weight is 261 g/mol. The molecule has 1 heterocycles. The zero-order valence-electron chi connectivity index (χ0n) is 9.72. The molecule has 0 amide bonds. The van der Waals surface area contributed by atoms with Crippen LogP contribution in [0.2, 0.25) is 0 Å². The zero-order chi connectivity index (χ0) is 13.7. The number of hydrogen-bond donors (Lipinski definition) is 1. The van der Waals surface area contributed by atoms with E-state index in [0.29, 0.717) is 0 Å². The van der Waals surface area contributed by atoms with Crippen LogP contribution in [0.25, 0.3) is 11.0 Å². The quantitative estimate of drug-likeness (QED) is 0.801. The molecule has 2 N–H and O–H groups in total. The predicted molar refractivity (Wildman–Crippen MR) is 58.3 cm³/mol. The number of nitrogens with zero attached hydrogens (tertiary/aromatic N) is 2. The first-order chi connectivity index (χ1) is 8.16. The van der Waals surface area contributed by atoms with Gasteiger partial charge in [0.25, 0.3) is 0 Å². The van der Waals surface area contributed by atoms with E-state index in [2.05, 4.69) is 4.98 Å². The molecule has 98 valence electrons. The van der Waals surface area contributed by atoms with Gasteiger partial charge in [0, 0.05) is 7.05 Å². The molecule has 0 aliphatic heterocycles. The van der Waals surface area contributed by atoms with Crippen molar-refractivity contribution in [2.24, 2.45) is 12.8 Å². The second-order valence-electron chi connectivity index (χ2n) is 4.30. The van der Waals surface area contributed by atoms with Gasteiger partial charge in [-0.05, 0) is 19.1 Å². The Bertz CT molecular complexity index is 598. The second-order valence-corrected chi connectivity index (χ2v) is 4.30. The Morgan fingerprint density at radius 1 is 1.28 bits per heavy atom. The Labute approximate surface area is 100 Å². The van der Waals surface area contributed by atoms with Crippen molar-refractivity contribution in [1.82, 2.24) is 9.55 Å². The van der Waals surface area contributed by atoms with Gasteiger partial charge in [-0.2, -0.15) is 13.2 Å². The van der Waals surface area contributed by atoms with Crippen LogP contribution in [-0.2, 0) is 12.6 Å². The summed E-state index contributed by atoms with van der Waals surface area (Å²) in [5.74, 6) is -1.09. The van der Waals surface area contributed by atoms with Crippen molar-refractivity contribution in [2.45, 2.75) is 18.6 Å². The highest BCUT2D eigenvalue weighted by Crippen LogP contribution is 2.36. The van der Waals surface area contributed by atoms with Gasteiger partial charge in [0.15, 0.2) is 11.4 Å². The van der Waals surface area contributed by atoms with Crippen LogP contribution in [0.15, 0.2) is 18.2 Å². The van der Waals surface area contributed by atoms with E-state index in [1.165, 1.54) is 19.2 Å². The van der Waals surface area contributed by atoms with Gasteiger partial charge in [0.1, 0.15) is 11.3 Å². The summed E-state index contributed by atoms with van der Waals surface area (Å²) in [6, 6.07) is 4.03. The van der Waals surface area contributed by atoms with Gasteiger partial charge >= 0.3 is 6.18 Å². The Hall–Kier alpha value is -1.63. The highest BCUT2D eigenvalue weighted by Gasteiger charge is 2.52. The van der Waals surface area contributed by atoms with Crippen LogP contribution in [0.5, 0.6) is 0 Å². The van der Waals surface area contributed by atoms with E-state index in [1.807, 2.05) is 0 Å². The predicted octanol–water partition coefficient (Wildman–Crippen LogP) is 2.45. The van der Waals surface area contributed by atoms with E-state index in [4.69, 9.17) is 5.73 Å². The first-order valence-corrected chi connectivity index (χ1v) is 5.13. The first kappa shape index (κ1) is 12.8. The van der Waals surface area contributed by atoms with Gasteiger partial charge in [0.2, 0.25) is 0 Å². The molecule has 1 unspecified atom stereocenters. The van der Waals surface area contributed by atoms with Gasteiger partial charge < -0.3 is 10.3 Å². The van der Waals surface area contributed by atoms with Gasteiger partial charge in [-0.1, -0.05) is 6.07 Å². The molecule has 0 bridgehead atoms. The average Bonchev–Trinajstić information content (AvgIpc) is 2.57. The minimum atomic E-state index is -4.67. The lowest BCUT2D eigenvalue weighted by molar-refractivity contribution is -0.186. The number of benzene rings is 1. The number of fused-ring (bicyclic) bond motifs is 1. The molecule has 0 aliphatic rings. The number of nitrogens with two attached hydrogens (primary N) is 1. The summed E-state index contributed by atoms with van der Waals surface area (Å²) in [6.07, 6.45) is -4.67. The molecule has 0 fully saturated rings. The molecule has 3 nitrogen and oxygen atoms in total. The van der Waals surface area contributed by atoms with Gasteiger partial charge in [-0.25, -0.2) is 9.37 Å². The van der Waals surface area contributed by atoms with Crippen molar-refractivity contribution < 1.29 is 17.6 Å². The fourth-order valence-corrected chi connectivity index (χ4v) is 1.77. The van der Waals surface area contributed by atoms with Crippen molar-refractivity contribution in [1.29, 1.82) is 0 Å². The lowest BCUT2D eigenvalue weighted by Gasteiger charge is -2.26. The fraction of sp³-hybridized carbons (Fsp3) is 0.364. The number of halogens is 4. The summed E-state index contributed by atoms with van der Waals surface area (Å²) in [7, 11) is 1.38. The lowest BCUT2D eigenvalue weighted by Crippen LogP contribution is -2.49. The van der Waals surface area contributed by atoms with Gasteiger partial charge in [-0.15, -0.1) is 0 Å². The number of alkyl halides is 3. The highest BCUT2D eigenvalue weighted by atomic mass is 19.4. The summed E-state index contributed by atoms with van der Waals surface area (Å²) in [5.41, 5.74) is 2.82. The van der Waals surface area contributed by atoms with Crippen molar-refractivity contribution in [3.63, 3.8) is 0 Å². The smallest absolute Gasteiger partial charge is 0.329 e. The molecule has 0 spiro atoms. The number of rotatable bonds is 1. The normalized spacial score (nSPS) is 15.9. The van der Waals surface area contributed by atoms with Crippen LogP contribution < -0.4 is 5.73 Å². The largest absolute Gasteiger partial charge is 0.413 e. The summed E-state index contributed by atoms with van der Waals surface area (Å²) in [4.78, 5) is 3.69. The molecule has 0 radical (unpaired) electrons. The minimum Gasteiger partial charge on any atom is -0.329 e. The van der Waals surface area contributed by atoms with Crippen molar-refractivity contribution in [2.75, 3.05) is 0 Å². The molecule has 0 aliphatic carbocycles. The molecule has 1 atom stereocenters. The van der Waals surface area contributed by atoms with E-state index in [-0.39, 0.29) is 11.0 Å². The summed E-state index contributed by atoms with van der Waals surface area (Å²) < 4.78 is 53.2. The van der Waals surface area contributed by atoms with Crippen molar-refractivity contribution in [3.8, 4) is 0 Å². The topological polar surface area (TPSA) is 43.8 Å². The minimum absolute atomic E-state index is 0.115. The number of imidazole rings is 1. The Morgan fingerprint density at radius 2 is 1.89 bits per heavy atom. The van der Waals surface area contributed by atoms with E-state index in [0.717, 1.165) is 17.6 Å². The van der Waals surface area contributed by atoms with Crippen LogP contribution in [0.4, 0.5) is 17.6 Å². The third-order valence-electron chi connectivity index (χ3n) is 2.92. The number of para-hydroxylation sites is 1. The standard InChI is InChI=1S/C11H11F4N3/c1-10(16,11(13,14)15)9-17-8-6(12)4-3-5-7(8)18(9)2/h3-5H,16H2,1-2H3. The number of aromatic nitrogens is 2. The monoisotopic (exact) mass is 261 g/mol. The van der Waals surface area contributed by atoms with E-state index < -0.39 is 23.4 Å². The van der Waals surface area contributed by atoms with Crippen LogP contribution in [-0.4, -0.2) is 15.7 Å². The molecule has 1 aromatic heterocycles. The highest BCUT2D eigenvalue weighted by molar-refractivity contribution is 5.76. The van der Waals surface area contributed by atoms with Crippen LogP contribution in [0.1, 0.15) is 12.7 Å². The van der Waals surface area contributed by atoms with Crippen LogP contribution in [0, 0.1) is 5.82 Å². The van der Waals surface area contributed by atoms with Crippen molar-refractivity contribution in [3.05, 3.63) is 29.8 Å². The Morgan fingerprint density at radius 3 is 2.39 bits per heavy atom. The molecule has 18 heavy (non-hydrogen) atoms. The van der Waals surface area contributed by atoms with Crippen LogP contribution in [0.3, 0.4) is 0 Å². The second kappa shape index (κ2) is 3.68. The van der Waals surface area contributed by atoms with Crippen molar-refractivity contribution >= 4 is 11.0 Å². The maximum atomic E-state index is 13.5. The maximum Gasteiger partial charge on any atom is 0.413 e. The van der Waals surface area contributed by atoms with E-state index >= 15 is 0 Å². The molecular formula is C11H11F4N3. The number of aryl methyl sites for hydroxylation is 1. The van der Waals surface area contributed by atoms with Gasteiger partial charge in [0.05, 0.1) is 5.52 Å². The molecule has 7 heteroatoms. The summed E-state index contributed by atoms with van der Waals surface area (Å²) in [5, 5.41) is 0. The summed E-state index contributed by atoms with van der Waals surface area (Å²) in [6.45, 7) is 0.812. The van der Waals surface area contributed by atoms with E-state index in [9.17, 15) is 17.6 Å². The number of hydrogen-bond acceptors (Lipinski definition) is 2. The molecule has 1 aromatic carbocycles. The zero-order valence-corrected chi connectivity index (χ0v) is 9.72. The van der Waals surface area contributed by atoms with Gasteiger partial charge in [-0.3, -0.25) is 0 Å². The lowest BCUT2D eigenvalue weighted by atomic mass is 10.0. The summed E-state index contributed by atoms with van der Waals surface area (Å²) >= 11 is 0. The third kappa shape index (κ3) is 1.66. The fourth-order valence-electron chi connectivity index (χ4n) is 1.77. The molecule has 0 saturated carbocycles. The van der Waals surface area contributed by atoms with E-state index in [1.54, 1.807) is 0 Å². The Kier molecular flexibility index (Phi) is 2.62. The molecule has 2 aromatic rings. The third-order valence-corrected chi connectivity index (χ3v) is 2.92. The molecular weight excluding hydrogens is 250 g/mol. The molecule has 0 saturated heterocycles. The Balaban J connectivity index is 2.74. The SMILES string of the molecule is Cn1c(C(C)(N)C(F)(F)F)nc2c(F)cccc21. The maximum absolute atomic E-state index is 13.5. The first-order valence-electron chi connectivity index (χ1n) is 5.13. The van der Waals surface area contributed by atoms with Crippen LogP contribution >= 0.6 is 0 Å². The molecule has 2 rings (SSSR count).